The van der Waals surface area contributed by atoms with Gasteiger partial charge in [0, 0.05) is 25.6 Å². The molecule has 0 unspecified atom stereocenters. The van der Waals surface area contributed by atoms with E-state index in [1.807, 2.05) is 4.90 Å². The Morgan fingerprint density at radius 3 is 2.60 bits per heavy atom. The molecule has 0 bridgehead atoms. The van der Waals surface area contributed by atoms with E-state index in [2.05, 4.69) is 32.0 Å². The van der Waals surface area contributed by atoms with Gasteiger partial charge in [-0.05, 0) is 32.3 Å². The standard InChI is InChI=1S/C17H23NO2/c1-12-7-13(2)9-16(8-12)14-3-5-18(10-14)17(19)15-4-6-20-11-15/h7-9,14-15H,3-6,10-11H2,1-2H3/t14-,15-/m0/s1. The van der Waals surface area contributed by atoms with Gasteiger partial charge in [0.15, 0.2) is 0 Å². The number of amides is 1. The van der Waals surface area contributed by atoms with Crippen molar-refractivity contribution in [2.24, 2.45) is 5.92 Å². The lowest BCUT2D eigenvalue weighted by molar-refractivity contribution is -0.134. The summed E-state index contributed by atoms with van der Waals surface area (Å²) in [6.07, 6.45) is 1.98. The fourth-order valence-corrected chi connectivity index (χ4v) is 3.47. The number of carbonyl (C=O) groups is 1. The van der Waals surface area contributed by atoms with Crippen LogP contribution in [0.1, 0.15) is 35.4 Å². The monoisotopic (exact) mass is 273 g/mol. The SMILES string of the molecule is Cc1cc(C)cc([C@H]2CCN(C(=O)[C@H]3CCOC3)C2)c1. The summed E-state index contributed by atoms with van der Waals surface area (Å²) in [6, 6.07) is 6.74. The van der Waals surface area contributed by atoms with Gasteiger partial charge in [-0.25, -0.2) is 0 Å². The van der Waals surface area contributed by atoms with Crippen LogP contribution in [-0.4, -0.2) is 37.1 Å². The van der Waals surface area contributed by atoms with Crippen molar-refractivity contribution in [2.75, 3.05) is 26.3 Å². The average molecular weight is 273 g/mol. The first-order chi connectivity index (χ1) is 9.63. The molecule has 2 heterocycles. The molecule has 3 heteroatoms. The van der Waals surface area contributed by atoms with E-state index in [1.54, 1.807) is 0 Å². The topological polar surface area (TPSA) is 29.5 Å². The maximum absolute atomic E-state index is 12.4. The van der Waals surface area contributed by atoms with Crippen molar-refractivity contribution >= 4 is 5.91 Å². The summed E-state index contributed by atoms with van der Waals surface area (Å²) in [5, 5.41) is 0. The van der Waals surface area contributed by atoms with Gasteiger partial charge in [0.05, 0.1) is 12.5 Å². The lowest BCUT2D eigenvalue weighted by Gasteiger charge is -2.20. The molecule has 0 aliphatic carbocycles. The van der Waals surface area contributed by atoms with Crippen LogP contribution in [0.15, 0.2) is 18.2 Å². The Bertz CT molecular complexity index is 485. The van der Waals surface area contributed by atoms with Crippen LogP contribution in [0.3, 0.4) is 0 Å². The molecule has 1 aromatic rings. The first-order valence-corrected chi connectivity index (χ1v) is 7.58. The Morgan fingerprint density at radius 1 is 1.20 bits per heavy atom. The zero-order valence-corrected chi connectivity index (χ0v) is 12.4. The molecule has 2 fully saturated rings. The van der Waals surface area contributed by atoms with Crippen molar-refractivity contribution in [1.29, 1.82) is 0 Å². The summed E-state index contributed by atoms with van der Waals surface area (Å²) in [4.78, 5) is 14.4. The van der Waals surface area contributed by atoms with Crippen LogP contribution in [0.2, 0.25) is 0 Å². The number of aryl methyl sites for hydroxylation is 2. The summed E-state index contributed by atoms with van der Waals surface area (Å²) in [6.45, 7) is 7.41. The highest BCUT2D eigenvalue weighted by Crippen LogP contribution is 2.30. The second-order valence-corrected chi connectivity index (χ2v) is 6.25. The number of likely N-dealkylation sites (tertiary alicyclic amines) is 1. The predicted octanol–water partition coefficient (Wildman–Crippen LogP) is 2.66. The Balaban J connectivity index is 1.68. The van der Waals surface area contributed by atoms with Gasteiger partial charge in [-0.3, -0.25) is 4.79 Å². The largest absolute Gasteiger partial charge is 0.381 e. The van der Waals surface area contributed by atoms with Crippen molar-refractivity contribution in [1.82, 2.24) is 4.90 Å². The number of hydrogen-bond donors (Lipinski definition) is 0. The summed E-state index contributed by atoms with van der Waals surface area (Å²) in [5.74, 6) is 0.905. The van der Waals surface area contributed by atoms with Crippen LogP contribution in [-0.2, 0) is 9.53 Å². The van der Waals surface area contributed by atoms with Gasteiger partial charge in [0.25, 0.3) is 0 Å². The number of ether oxygens (including phenoxy) is 1. The van der Waals surface area contributed by atoms with Crippen LogP contribution in [0.4, 0.5) is 0 Å². The summed E-state index contributed by atoms with van der Waals surface area (Å²) < 4.78 is 5.33. The summed E-state index contributed by atoms with van der Waals surface area (Å²) in [7, 11) is 0. The number of carbonyl (C=O) groups excluding carboxylic acids is 1. The molecule has 2 atom stereocenters. The normalized spacial score (nSPS) is 26.2. The van der Waals surface area contributed by atoms with Gasteiger partial charge in [-0.1, -0.05) is 29.3 Å². The minimum absolute atomic E-state index is 0.105. The van der Waals surface area contributed by atoms with Gasteiger partial charge < -0.3 is 9.64 Å². The Morgan fingerprint density at radius 2 is 1.95 bits per heavy atom. The van der Waals surface area contributed by atoms with Crippen LogP contribution >= 0.6 is 0 Å². The van der Waals surface area contributed by atoms with E-state index < -0.39 is 0 Å². The summed E-state index contributed by atoms with van der Waals surface area (Å²) in [5.41, 5.74) is 4.02. The number of benzene rings is 1. The lowest BCUT2D eigenvalue weighted by atomic mass is 9.95. The molecule has 0 aromatic heterocycles. The number of rotatable bonds is 2. The van der Waals surface area contributed by atoms with E-state index in [9.17, 15) is 4.79 Å². The van der Waals surface area contributed by atoms with E-state index in [0.717, 1.165) is 32.5 Å². The third kappa shape index (κ3) is 2.73. The van der Waals surface area contributed by atoms with Gasteiger partial charge in [0.1, 0.15) is 0 Å². The molecular weight excluding hydrogens is 250 g/mol. The minimum Gasteiger partial charge on any atom is -0.381 e. The van der Waals surface area contributed by atoms with Crippen LogP contribution in [0, 0.1) is 19.8 Å². The second kappa shape index (κ2) is 5.57. The zero-order valence-electron chi connectivity index (χ0n) is 12.4. The van der Waals surface area contributed by atoms with E-state index in [4.69, 9.17) is 4.74 Å². The van der Waals surface area contributed by atoms with Crippen molar-refractivity contribution in [3.63, 3.8) is 0 Å². The molecule has 0 saturated carbocycles. The smallest absolute Gasteiger partial charge is 0.228 e. The highest BCUT2D eigenvalue weighted by atomic mass is 16.5. The first kappa shape index (κ1) is 13.6. The van der Waals surface area contributed by atoms with Crippen LogP contribution in [0.5, 0.6) is 0 Å². The molecule has 1 amide bonds. The number of hydrogen-bond acceptors (Lipinski definition) is 2. The van der Waals surface area contributed by atoms with E-state index >= 15 is 0 Å². The molecule has 3 nitrogen and oxygen atoms in total. The van der Waals surface area contributed by atoms with Crippen molar-refractivity contribution < 1.29 is 9.53 Å². The van der Waals surface area contributed by atoms with E-state index in [0.29, 0.717) is 18.4 Å². The second-order valence-electron chi connectivity index (χ2n) is 6.25. The molecule has 1 aromatic carbocycles. The highest BCUT2D eigenvalue weighted by molar-refractivity contribution is 5.79. The molecule has 2 saturated heterocycles. The van der Waals surface area contributed by atoms with E-state index in [1.165, 1.54) is 16.7 Å². The van der Waals surface area contributed by atoms with Crippen LogP contribution in [0.25, 0.3) is 0 Å². The number of nitrogens with zero attached hydrogens (tertiary/aromatic N) is 1. The molecule has 108 valence electrons. The van der Waals surface area contributed by atoms with E-state index in [-0.39, 0.29) is 5.92 Å². The Hall–Kier alpha value is -1.35. The zero-order chi connectivity index (χ0) is 14.1. The minimum atomic E-state index is 0.105. The first-order valence-electron chi connectivity index (χ1n) is 7.58. The highest BCUT2D eigenvalue weighted by Gasteiger charge is 2.33. The fourth-order valence-electron chi connectivity index (χ4n) is 3.47. The van der Waals surface area contributed by atoms with Gasteiger partial charge in [0.2, 0.25) is 5.91 Å². The predicted molar refractivity (Wildman–Crippen MR) is 78.8 cm³/mol. The molecular formula is C17H23NO2. The summed E-state index contributed by atoms with van der Waals surface area (Å²) >= 11 is 0. The van der Waals surface area contributed by atoms with Crippen molar-refractivity contribution in [3.05, 3.63) is 34.9 Å². The third-order valence-electron chi connectivity index (χ3n) is 4.49. The van der Waals surface area contributed by atoms with Gasteiger partial charge >= 0.3 is 0 Å². The molecule has 3 rings (SSSR count). The molecule has 2 aliphatic rings. The maximum Gasteiger partial charge on any atom is 0.228 e. The van der Waals surface area contributed by atoms with Gasteiger partial charge in [-0.15, -0.1) is 0 Å². The fraction of sp³-hybridized carbons (Fsp3) is 0.588. The quantitative estimate of drug-likeness (QED) is 0.829. The molecule has 20 heavy (non-hydrogen) atoms. The third-order valence-corrected chi connectivity index (χ3v) is 4.49. The Labute approximate surface area is 120 Å². The maximum atomic E-state index is 12.4. The van der Waals surface area contributed by atoms with Gasteiger partial charge in [-0.2, -0.15) is 0 Å². The van der Waals surface area contributed by atoms with Crippen molar-refractivity contribution in [2.45, 2.75) is 32.6 Å². The Kier molecular flexibility index (Phi) is 3.79. The van der Waals surface area contributed by atoms with Crippen LogP contribution < -0.4 is 0 Å². The molecule has 0 spiro atoms. The van der Waals surface area contributed by atoms with Crippen molar-refractivity contribution in [3.8, 4) is 0 Å². The lowest BCUT2D eigenvalue weighted by Crippen LogP contribution is -2.34. The molecule has 0 radical (unpaired) electrons. The average Bonchev–Trinajstić information content (AvgIpc) is 3.09. The molecule has 2 aliphatic heterocycles. The molecule has 0 N–H and O–H groups in total.